The fourth-order valence-electron chi connectivity index (χ4n) is 3.16. The lowest BCUT2D eigenvalue weighted by atomic mass is 10.1. The molecule has 1 saturated heterocycles. The summed E-state index contributed by atoms with van der Waals surface area (Å²) in [5.41, 5.74) is 0. The number of hydrogen-bond donors (Lipinski definition) is 1. The molecule has 1 rings (SSSR count). The van der Waals surface area contributed by atoms with Crippen molar-refractivity contribution >= 4 is 0 Å². The normalized spacial score (nSPS) is 29.8. The highest BCUT2D eigenvalue weighted by Crippen LogP contribution is 2.23. The minimum atomic E-state index is 0.633. The Labute approximate surface area is 108 Å². The lowest BCUT2D eigenvalue weighted by Gasteiger charge is -2.32. The third kappa shape index (κ3) is 3.67. The van der Waals surface area contributed by atoms with Crippen molar-refractivity contribution in [3.05, 3.63) is 0 Å². The molecule has 1 heterocycles. The Morgan fingerprint density at radius 1 is 1.29 bits per heavy atom. The van der Waals surface area contributed by atoms with Gasteiger partial charge in [-0.25, -0.2) is 0 Å². The first kappa shape index (κ1) is 14.9. The maximum Gasteiger partial charge on any atom is 0.0254 e. The van der Waals surface area contributed by atoms with Crippen LogP contribution >= 0.6 is 0 Å². The first-order valence-electron chi connectivity index (χ1n) is 7.15. The largest absolute Gasteiger partial charge is 0.313 e. The molecule has 1 N–H and O–H groups in total. The van der Waals surface area contributed by atoms with Crippen molar-refractivity contribution < 1.29 is 0 Å². The second-order valence-electron chi connectivity index (χ2n) is 5.78. The predicted molar refractivity (Wildman–Crippen MR) is 75.4 cm³/mol. The molecule has 17 heavy (non-hydrogen) atoms. The van der Waals surface area contributed by atoms with Gasteiger partial charge in [0.1, 0.15) is 0 Å². The Kier molecular flexibility index (Phi) is 5.90. The maximum atomic E-state index is 3.61. The maximum absolute atomic E-state index is 3.61. The van der Waals surface area contributed by atoms with Crippen LogP contribution in [0.15, 0.2) is 0 Å². The standard InChI is InChI=1S/C14H31N3/c1-7-13(15-8-2)12(4)17-9-11(3)14(10-17)16(5)6/h11-15H,7-10H2,1-6H3. The average Bonchev–Trinajstić information content (AvgIpc) is 2.67. The first-order valence-corrected chi connectivity index (χ1v) is 7.15. The van der Waals surface area contributed by atoms with E-state index in [-0.39, 0.29) is 0 Å². The molecule has 0 aromatic rings. The van der Waals surface area contributed by atoms with Crippen LogP contribution in [0.3, 0.4) is 0 Å². The van der Waals surface area contributed by atoms with Gasteiger partial charge in [0, 0.05) is 31.2 Å². The molecule has 0 bridgehead atoms. The highest BCUT2D eigenvalue weighted by molar-refractivity contribution is 4.92. The van der Waals surface area contributed by atoms with Crippen molar-refractivity contribution in [2.45, 2.75) is 52.2 Å². The predicted octanol–water partition coefficient (Wildman–Crippen LogP) is 1.64. The molecule has 0 spiro atoms. The molecule has 1 fully saturated rings. The van der Waals surface area contributed by atoms with E-state index in [1.807, 2.05) is 0 Å². The van der Waals surface area contributed by atoms with Gasteiger partial charge in [-0.05, 0) is 39.9 Å². The Bertz CT molecular complexity index is 218. The van der Waals surface area contributed by atoms with E-state index >= 15 is 0 Å². The zero-order valence-corrected chi connectivity index (χ0v) is 12.5. The molecule has 0 aliphatic carbocycles. The molecule has 102 valence electrons. The van der Waals surface area contributed by atoms with Crippen LogP contribution in [0.2, 0.25) is 0 Å². The summed E-state index contributed by atoms with van der Waals surface area (Å²) in [7, 11) is 4.41. The summed E-state index contributed by atoms with van der Waals surface area (Å²) >= 11 is 0. The Morgan fingerprint density at radius 3 is 2.35 bits per heavy atom. The van der Waals surface area contributed by atoms with E-state index in [4.69, 9.17) is 0 Å². The summed E-state index contributed by atoms with van der Waals surface area (Å²) in [5, 5.41) is 3.61. The van der Waals surface area contributed by atoms with E-state index in [1.165, 1.54) is 19.5 Å². The SMILES string of the molecule is CCNC(CC)C(C)N1CC(C)C(N(C)C)C1. The van der Waals surface area contributed by atoms with Gasteiger partial charge in [-0.1, -0.05) is 20.8 Å². The van der Waals surface area contributed by atoms with Gasteiger partial charge < -0.3 is 10.2 Å². The minimum Gasteiger partial charge on any atom is -0.313 e. The van der Waals surface area contributed by atoms with Gasteiger partial charge in [-0.2, -0.15) is 0 Å². The summed E-state index contributed by atoms with van der Waals surface area (Å²) in [4.78, 5) is 5.04. The summed E-state index contributed by atoms with van der Waals surface area (Å²) in [6.45, 7) is 12.8. The van der Waals surface area contributed by atoms with Gasteiger partial charge in [0.15, 0.2) is 0 Å². The third-order valence-corrected chi connectivity index (χ3v) is 4.33. The van der Waals surface area contributed by atoms with Crippen LogP contribution in [-0.2, 0) is 0 Å². The molecule has 0 aromatic carbocycles. The molecule has 0 radical (unpaired) electrons. The molecule has 0 aromatic heterocycles. The van der Waals surface area contributed by atoms with Crippen LogP contribution in [0.5, 0.6) is 0 Å². The van der Waals surface area contributed by atoms with Gasteiger partial charge in [0.25, 0.3) is 0 Å². The number of likely N-dealkylation sites (tertiary alicyclic amines) is 1. The number of likely N-dealkylation sites (N-methyl/N-ethyl adjacent to an activating group) is 2. The lowest BCUT2D eigenvalue weighted by molar-refractivity contribution is 0.186. The first-order chi connectivity index (χ1) is 8.01. The van der Waals surface area contributed by atoms with Crippen LogP contribution in [0.4, 0.5) is 0 Å². The number of rotatable bonds is 6. The topological polar surface area (TPSA) is 18.5 Å². The number of nitrogens with one attached hydrogen (secondary N) is 1. The molecular formula is C14H31N3. The van der Waals surface area contributed by atoms with Crippen molar-refractivity contribution in [3.8, 4) is 0 Å². The third-order valence-electron chi connectivity index (χ3n) is 4.33. The van der Waals surface area contributed by atoms with Crippen LogP contribution < -0.4 is 5.32 Å². The van der Waals surface area contributed by atoms with E-state index in [9.17, 15) is 0 Å². The summed E-state index contributed by atoms with van der Waals surface area (Å²) in [6, 6.07) is 2.00. The second-order valence-corrected chi connectivity index (χ2v) is 5.78. The molecule has 1 aliphatic heterocycles. The van der Waals surface area contributed by atoms with Gasteiger partial charge in [-0.3, -0.25) is 4.90 Å². The molecule has 4 atom stereocenters. The Morgan fingerprint density at radius 2 is 1.94 bits per heavy atom. The van der Waals surface area contributed by atoms with Crippen molar-refractivity contribution in [2.75, 3.05) is 33.7 Å². The van der Waals surface area contributed by atoms with E-state index < -0.39 is 0 Å². The number of nitrogens with zero attached hydrogens (tertiary/aromatic N) is 2. The van der Waals surface area contributed by atoms with Crippen LogP contribution in [0.1, 0.15) is 34.1 Å². The fourth-order valence-corrected chi connectivity index (χ4v) is 3.16. The van der Waals surface area contributed by atoms with Gasteiger partial charge in [-0.15, -0.1) is 0 Å². The summed E-state index contributed by atoms with van der Waals surface area (Å²) in [6.07, 6.45) is 1.21. The van der Waals surface area contributed by atoms with Crippen molar-refractivity contribution in [3.63, 3.8) is 0 Å². The Hall–Kier alpha value is -0.120. The van der Waals surface area contributed by atoms with E-state index in [1.54, 1.807) is 0 Å². The monoisotopic (exact) mass is 241 g/mol. The zero-order valence-electron chi connectivity index (χ0n) is 12.5. The minimum absolute atomic E-state index is 0.633. The zero-order chi connectivity index (χ0) is 13.0. The van der Waals surface area contributed by atoms with Crippen molar-refractivity contribution in [2.24, 2.45) is 5.92 Å². The van der Waals surface area contributed by atoms with E-state index in [2.05, 4.69) is 56.9 Å². The van der Waals surface area contributed by atoms with Gasteiger partial charge in [0.05, 0.1) is 0 Å². The molecule has 0 saturated carbocycles. The van der Waals surface area contributed by atoms with E-state index in [0.717, 1.165) is 18.5 Å². The highest BCUT2D eigenvalue weighted by Gasteiger charge is 2.35. The second kappa shape index (κ2) is 6.72. The molecule has 0 amide bonds. The average molecular weight is 241 g/mol. The molecule has 3 nitrogen and oxygen atoms in total. The van der Waals surface area contributed by atoms with Crippen molar-refractivity contribution in [1.82, 2.24) is 15.1 Å². The smallest absolute Gasteiger partial charge is 0.0254 e. The van der Waals surface area contributed by atoms with Gasteiger partial charge >= 0.3 is 0 Å². The highest BCUT2D eigenvalue weighted by atomic mass is 15.3. The quantitative estimate of drug-likeness (QED) is 0.763. The summed E-state index contributed by atoms with van der Waals surface area (Å²) < 4.78 is 0. The molecular weight excluding hydrogens is 210 g/mol. The van der Waals surface area contributed by atoms with Crippen LogP contribution in [0, 0.1) is 5.92 Å². The lowest BCUT2D eigenvalue weighted by Crippen LogP contribution is -2.48. The fraction of sp³-hybridized carbons (Fsp3) is 1.00. The number of hydrogen-bond acceptors (Lipinski definition) is 3. The summed E-state index contributed by atoms with van der Waals surface area (Å²) in [5.74, 6) is 0.784. The van der Waals surface area contributed by atoms with E-state index in [0.29, 0.717) is 12.1 Å². The van der Waals surface area contributed by atoms with Crippen LogP contribution in [-0.4, -0.2) is 61.7 Å². The van der Waals surface area contributed by atoms with Crippen molar-refractivity contribution in [1.29, 1.82) is 0 Å². The molecule has 3 heteroatoms. The molecule has 1 aliphatic rings. The van der Waals surface area contributed by atoms with Crippen LogP contribution in [0.25, 0.3) is 0 Å². The molecule has 4 unspecified atom stereocenters. The van der Waals surface area contributed by atoms with Gasteiger partial charge in [0.2, 0.25) is 0 Å². The Balaban J connectivity index is 2.56.